The van der Waals surface area contributed by atoms with Crippen LogP contribution in [0.4, 0.5) is 0 Å². The summed E-state index contributed by atoms with van der Waals surface area (Å²) in [5.41, 5.74) is 4.06. The standard InChI is InChI=1S/C24H22N2O3/c27-22(26-21-12-4-7-17-6-1-2-11-20(17)21)16-29-23(28)14-13-19-9-3-8-18-10-5-15-25-24(18)19/h1-3,5-6,8-11,13-15,21H,4,7,12,16H2,(H,26,27)/b14-13+. The van der Waals surface area contributed by atoms with Crippen LogP contribution >= 0.6 is 0 Å². The van der Waals surface area contributed by atoms with Gasteiger partial charge in [-0.15, -0.1) is 0 Å². The van der Waals surface area contributed by atoms with E-state index < -0.39 is 5.97 Å². The zero-order valence-corrected chi connectivity index (χ0v) is 16.0. The van der Waals surface area contributed by atoms with E-state index in [1.54, 1.807) is 12.3 Å². The van der Waals surface area contributed by atoms with E-state index in [9.17, 15) is 9.59 Å². The predicted molar refractivity (Wildman–Crippen MR) is 112 cm³/mol. The number of fused-ring (bicyclic) bond motifs is 2. The van der Waals surface area contributed by atoms with E-state index in [1.807, 2.05) is 48.5 Å². The van der Waals surface area contributed by atoms with E-state index in [1.165, 1.54) is 11.6 Å². The molecular formula is C24H22N2O3. The Bertz CT molecular complexity index is 1070. The number of hydrogen-bond acceptors (Lipinski definition) is 4. The molecule has 1 atom stereocenters. The largest absolute Gasteiger partial charge is 0.452 e. The van der Waals surface area contributed by atoms with Crippen LogP contribution in [0.1, 0.15) is 35.6 Å². The number of nitrogens with zero attached hydrogens (tertiary/aromatic N) is 1. The molecule has 0 saturated carbocycles. The summed E-state index contributed by atoms with van der Waals surface area (Å²) in [7, 11) is 0. The minimum Gasteiger partial charge on any atom is -0.452 e. The highest BCUT2D eigenvalue weighted by Crippen LogP contribution is 2.29. The molecule has 1 aliphatic rings. The second kappa shape index (κ2) is 8.69. The molecule has 1 amide bonds. The summed E-state index contributed by atoms with van der Waals surface area (Å²) in [5.74, 6) is -0.850. The molecule has 4 rings (SSSR count). The van der Waals surface area contributed by atoms with Crippen molar-refractivity contribution < 1.29 is 14.3 Å². The van der Waals surface area contributed by atoms with Gasteiger partial charge in [0.05, 0.1) is 11.6 Å². The van der Waals surface area contributed by atoms with Crippen LogP contribution in [0.15, 0.2) is 66.9 Å². The number of carbonyl (C=O) groups excluding carboxylic acids is 2. The number of aromatic nitrogens is 1. The molecule has 1 unspecified atom stereocenters. The number of carbonyl (C=O) groups is 2. The third kappa shape index (κ3) is 4.51. The quantitative estimate of drug-likeness (QED) is 0.532. The summed E-state index contributed by atoms with van der Waals surface area (Å²) >= 11 is 0. The molecule has 0 aliphatic heterocycles. The molecule has 5 nitrogen and oxygen atoms in total. The van der Waals surface area contributed by atoms with Crippen LogP contribution in [0.3, 0.4) is 0 Å². The fourth-order valence-electron chi connectivity index (χ4n) is 3.74. The first-order valence-corrected chi connectivity index (χ1v) is 9.76. The average Bonchev–Trinajstić information content (AvgIpc) is 2.76. The first-order chi connectivity index (χ1) is 14.2. The van der Waals surface area contributed by atoms with Crippen LogP contribution in [-0.2, 0) is 20.7 Å². The number of hydrogen-bond donors (Lipinski definition) is 1. The molecule has 0 radical (unpaired) electrons. The molecule has 29 heavy (non-hydrogen) atoms. The third-order valence-corrected chi connectivity index (χ3v) is 5.11. The lowest BCUT2D eigenvalue weighted by molar-refractivity contribution is -0.144. The molecule has 0 bridgehead atoms. The molecule has 146 valence electrons. The summed E-state index contributed by atoms with van der Waals surface area (Å²) in [6, 6.07) is 17.7. The Hall–Kier alpha value is -3.47. The number of esters is 1. The molecule has 0 saturated heterocycles. The van der Waals surface area contributed by atoms with Gasteiger partial charge in [0, 0.05) is 23.2 Å². The fraction of sp³-hybridized carbons (Fsp3) is 0.208. The van der Waals surface area contributed by atoms with E-state index >= 15 is 0 Å². The Morgan fingerprint density at radius 1 is 1.10 bits per heavy atom. The Morgan fingerprint density at radius 2 is 1.97 bits per heavy atom. The van der Waals surface area contributed by atoms with E-state index in [0.717, 1.165) is 41.3 Å². The SMILES string of the molecule is O=C(COC(=O)/C=C/c1cccc2cccnc12)NC1CCCc2ccccc21. The third-order valence-electron chi connectivity index (χ3n) is 5.11. The number of amides is 1. The molecule has 2 aromatic carbocycles. The predicted octanol–water partition coefficient (Wildman–Crippen LogP) is 3.99. The van der Waals surface area contributed by atoms with Gasteiger partial charge in [-0.25, -0.2) is 4.79 Å². The van der Waals surface area contributed by atoms with Gasteiger partial charge < -0.3 is 10.1 Å². The molecule has 3 aromatic rings. The van der Waals surface area contributed by atoms with Crippen molar-refractivity contribution in [3.63, 3.8) is 0 Å². The summed E-state index contributed by atoms with van der Waals surface area (Å²) in [6.07, 6.45) is 7.66. The summed E-state index contributed by atoms with van der Waals surface area (Å²) < 4.78 is 5.11. The monoisotopic (exact) mass is 386 g/mol. The van der Waals surface area contributed by atoms with Crippen LogP contribution in [-0.4, -0.2) is 23.5 Å². The van der Waals surface area contributed by atoms with Gasteiger partial charge in [0.25, 0.3) is 5.91 Å². The van der Waals surface area contributed by atoms with Crippen molar-refractivity contribution in [3.05, 3.63) is 83.6 Å². The normalized spacial score (nSPS) is 15.8. The molecule has 1 N–H and O–H groups in total. The molecule has 0 spiro atoms. The van der Waals surface area contributed by atoms with Gasteiger partial charge in [0.15, 0.2) is 6.61 Å². The number of pyridine rings is 1. The number of para-hydroxylation sites is 1. The van der Waals surface area contributed by atoms with Gasteiger partial charge in [-0.1, -0.05) is 48.5 Å². The van der Waals surface area contributed by atoms with Gasteiger partial charge in [0.1, 0.15) is 0 Å². The second-order valence-corrected chi connectivity index (χ2v) is 7.07. The zero-order valence-electron chi connectivity index (χ0n) is 16.0. The number of aryl methyl sites for hydroxylation is 1. The summed E-state index contributed by atoms with van der Waals surface area (Å²) in [4.78, 5) is 28.6. The lowest BCUT2D eigenvalue weighted by atomic mass is 9.88. The summed E-state index contributed by atoms with van der Waals surface area (Å²) in [6.45, 7) is -0.296. The van der Waals surface area contributed by atoms with Gasteiger partial charge in [-0.2, -0.15) is 0 Å². The smallest absolute Gasteiger partial charge is 0.331 e. The molecule has 5 heteroatoms. The highest BCUT2D eigenvalue weighted by Gasteiger charge is 2.21. The zero-order chi connectivity index (χ0) is 20.1. The molecule has 0 fully saturated rings. The van der Waals surface area contributed by atoms with E-state index in [-0.39, 0.29) is 18.6 Å². The molecular weight excluding hydrogens is 364 g/mol. The first kappa shape index (κ1) is 18.9. The van der Waals surface area contributed by atoms with Crippen molar-refractivity contribution in [3.8, 4) is 0 Å². The van der Waals surface area contributed by atoms with Crippen molar-refractivity contribution in [2.75, 3.05) is 6.61 Å². The van der Waals surface area contributed by atoms with Crippen LogP contribution in [0, 0.1) is 0 Å². The number of benzene rings is 2. The van der Waals surface area contributed by atoms with Crippen molar-refractivity contribution in [1.82, 2.24) is 10.3 Å². The Morgan fingerprint density at radius 3 is 2.90 bits per heavy atom. The molecule has 1 heterocycles. The van der Waals surface area contributed by atoms with Crippen LogP contribution < -0.4 is 5.32 Å². The van der Waals surface area contributed by atoms with E-state index in [0.29, 0.717) is 0 Å². The molecule has 1 aliphatic carbocycles. The maximum Gasteiger partial charge on any atom is 0.331 e. The molecule has 1 aromatic heterocycles. The first-order valence-electron chi connectivity index (χ1n) is 9.76. The number of rotatable bonds is 5. The van der Waals surface area contributed by atoms with Crippen LogP contribution in [0.25, 0.3) is 17.0 Å². The van der Waals surface area contributed by atoms with Crippen molar-refractivity contribution in [2.24, 2.45) is 0 Å². The van der Waals surface area contributed by atoms with Gasteiger partial charge in [0.2, 0.25) is 0 Å². The van der Waals surface area contributed by atoms with Crippen molar-refractivity contribution >= 4 is 28.9 Å². The minimum absolute atomic E-state index is 0.0246. The van der Waals surface area contributed by atoms with Gasteiger partial charge in [-0.3, -0.25) is 9.78 Å². The topological polar surface area (TPSA) is 68.3 Å². The average molecular weight is 386 g/mol. The van der Waals surface area contributed by atoms with Crippen molar-refractivity contribution in [2.45, 2.75) is 25.3 Å². The fourth-order valence-corrected chi connectivity index (χ4v) is 3.74. The Balaban J connectivity index is 1.33. The maximum absolute atomic E-state index is 12.3. The highest BCUT2D eigenvalue weighted by atomic mass is 16.5. The van der Waals surface area contributed by atoms with E-state index in [4.69, 9.17) is 4.74 Å². The van der Waals surface area contributed by atoms with Gasteiger partial charge >= 0.3 is 5.97 Å². The van der Waals surface area contributed by atoms with E-state index in [2.05, 4.69) is 16.4 Å². The maximum atomic E-state index is 12.3. The summed E-state index contributed by atoms with van der Waals surface area (Å²) in [5, 5.41) is 3.97. The van der Waals surface area contributed by atoms with Crippen molar-refractivity contribution in [1.29, 1.82) is 0 Å². The highest BCUT2D eigenvalue weighted by molar-refractivity contribution is 5.93. The van der Waals surface area contributed by atoms with Crippen LogP contribution in [0.5, 0.6) is 0 Å². The lowest BCUT2D eigenvalue weighted by Crippen LogP contribution is -2.34. The van der Waals surface area contributed by atoms with Crippen LogP contribution in [0.2, 0.25) is 0 Å². The minimum atomic E-state index is -0.558. The van der Waals surface area contributed by atoms with Gasteiger partial charge in [-0.05, 0) is 42.5 Å². The lowest BCUT2D eigenvalue weighted by Gasteiger charge is -2.26. The second-order valence-electron chi connectivity index (χ2n) is 7.07. The number of nitrogens with one attached hydrogen (secondary N) is 1. The Labute approximate surface area is 169 Å². The number of ether oxygens (including phenoxy) is 1. The Kier molecular flexibility index (Phi) is 5.66.